The van der Waals surface area contributed by atoms with E-state index >= 15 is 0 Å². The van der Waals surface area contributed by atoms with Gasteiger partial charge in [0.2, 0.25) is 0 Å². The Morgan fingerprint density at radius 3 is 3.26 bits per heavy atom. The Labute approximate surface area is 123 Å². The van der Waals surface area contributed by atoms with Gasteiger partial charge >= 0.3 is 0 Å². The number of aromatic nitrogens is 1. The van der Waals surface area contributed by atoms with Gasteiger partial charge in [-0.1, -0.05) is 6.04 Å². The highest BCUT2D eigenvalue weighted by Crippen LogP contribution is 2.28. The molecule has 0 saturated heterocycles. The Hall–Kier alpha value is -1.81. The molecule has 0 spiro atoms. The molecule has 4 nitrogen and oxygen atoms in total. The molecule has 102 valence electrons. The van der Waals surface area contributed by atoms with Crippen LogP contribution in [0, 0.1) is 0 Å². The minimum atomic E-state index is -1.91. The Balaban J connectivity index is 2.58. The summed E-state index contributed by atoms with van der Waals surface area (Å²) in [5.41, 5.74) is 5.73. The maximum atomic E-state index is 8.37. The zero-order valence-electron chi connectivity index (χ0n) is 17.9. The van der Waals surface area contributed by atoms with Crippen molar-refractivity contribution in [3.8, 4) is 5.75 Å². The van der Waals surface area contributed by atoms with Gasteiger partial charge in [-0.3, -0.25) is 4.98 Å². The predicted molar refractivity (Wildman–Crippen MR) is 79.7 cm³/mol. The summed E-state index contributed by atoms with van der Waals surface area (Å²) >= 11 is 0. The first kappa shape index (κ1) is 7.10. The lowest BCUT2D eigenvalue weighted by Crippen LogP contribution is -2.17. The van der Waals surface area contributed by atoms with Crippen molar-refractivity contribution in [2.24, 2.45) is 5.73 Å². The van der Waals surface area contributed by atoms with Crippen molar-refractivity contribution in [1.82, 2.24) is 4.98 Å². The third kappa shape index (κ3) is 3.35. The van der Waals surface area contributed by atoms with E-state index in [0.29, 0.717) is 0 Å². The minimum Gasteiger partial charge on any atom is -0.497 e. The molecule has 0 aliphatic carbocycles. The summed E-state index contributed by atoms with van der Waals surface area (Å²) in [5, 5.41) is 2.95. The molecule has 2 aromatic rings. The van der Waals surface area contributed by atoms with Crippen LogP contribution in [0.5, 0.6) is 5.75 Å². The molecule has 1 atom stereocenters. The van der Waals surface area contributed by atoms with Crippen LogP contribution in [0.3, 0.4) is 0 Å². The van der Waals surface area contributed by atoms with Crippen molar-refractivity contribution >= 4 is 16.6 Å². The van der Waals surface area contributed by atoms with Crippen molar-refractivity contribution in [3.05, 3.63) is 30.4 Å². The van der Waals surface area contributed by atoms with Gasteiger partial charge in [-0.25, -0.2) is 0 Å². The van der Waals surface area contributed by atoms with Crippen LogP contribution in [-0.4, -0.2) is 24.6 Å². The second-order valence-corrected chi connectivity index (χ2v) is 4.06. The van der Waals surface area contributed by atoms with Crippen molar-refractivity contribution in [3.63, 3.8) is 0 Å². The number of hydrogen-bond donors (Lipinski definition) is 2. The maximum absolute atomic E-state index is 8.37. The number of nitrogens with one attached hydrogen (secondary N) is 1. The van der Waals surface area contributed by atoms with Crippen LogP contribution < -0.4 is 15.8 Å². The van der Waals surface area contributed by atoms with Gasteiger partial charge in [-0.15, -0.1) is 0 Å². The molecule has 4 heteroatoms. The summed E-state index contributed by atoms with van der Waals surface area (Å²) in [6, 6.07) is -0.694. The molecule has 0 radical (unpaired) electrons. The van der Waals surface area contributed by atoms with Crippen LogP contribution in [0.25, 0.3) is 10.9 Å². The molecule has 2 rings (SSSR count). The lowest BCUT2D eigenvalue weighted by atomic mass is 10.1. The molecule has 1 aromatic heterocycles. The molecule has 1 unspecified atom stereocenters. The lowest BCUT2D eigenvalue weighted by molar-refractivity contribution is 0.415. The molecule has 0 saturated carbocycles. The number of benzene rings is 1. The first-order valence-electron chi connectivity index (χ1n) is 9.38. The van der Waals surface area contributed by atoms with E-state index in [0.717, 1.165) is 0 Å². The number of fused-ring (bicyclic) bond motifs is 1. The quantitative estimate of drug-likeness (QED) is 0.844. The van der Waals surface area contributed by atoms with Crippen molar-refractivity contribution in [2.75, 3.05) is 18.9 Å². The zero-order chi connectivity index (χ0) is 19.9. The molecule has 0 fully saturated rings. The zero-order valence-corrected chi connectivity index (χ0v) is 10.9. The number of ether oxygens (including phenoxy) is 1. The van der Waals surface area contributed by atoms with E-state index in [1.807, 2.05) is 0 Å². The number of pyridine rings is 1. The summed E-state index contributed by atoms with van der Waals surface area (Å²) in [7, 11) is 1.36. The van der Waals surface area contributed by atoms with E-state index in [4.69, 9.17) is 20.1 Å². The maximum Gasteiger partial charge on any atom is 0.121 e. The van der Waals surface area contributed by atoms with Crippen LogP contribution in [0.1, 0.15) is 29.4 Å². The van der Waals surface area contributed by atoms with E-state index in [2.05, 4.69) is 10.3 Å². The highest BCUT2D eigenvalue weighted by Gasteiger charge is 2.08. The first-order chi connectivity index (χ1) is 11.9. The third-order valence-corrected chi connectivity index (χ3v) is 2.64. The van der Waals surface area contributed by atoms with Gasteiger partial charge in [0.1, 0.15) is 5.75 Å². The Kier molecular flexibility index (Phi) is 2.39. The Morgan fingerprint density at radius 1 is 1.68 bits per heavy atom. The van der Waals surface area contributed by atoms with Gasteiger partial charge < -0.3 is 15.8 Å². The van der Waals surface area contributed by atoms with Gasteiger partial charge in [-0.05, 0) is 38.3 Å². The number of methoxy groups -OCH3 is 1. The van der Waals surface area contributed by atoms with Crippen LogP contribution in [0.2, 0.25) is 0 Å². The van der Waals surface area contributed by atoms with Gasteiger partial charge in [0.25, 0.3) is 0 Å². The highest BCUT2D eigenvalue weighted by atomic mass is 16.5. The van der Waals surface area contributed by atoms with Crippen LogP contribution >= 0.6 is 0 Å². The van der Waals surface area contributed by atoms with E-state index in [9.17, 15) is 0 Å². The SMILES string of the molecule is [2H]c1nc2c(NC([2H])(C)CCC([2H])([2H])N)cc(OC)c([2H])c2c([2H])c1[2H]. The van der Waals surface area contributed by atoms with Gasteiger partial charge in [0.15, 0.2) is 0 Å². The monoisotopic (exact) mass is 266 g/mol. The second kappa shape index (κ2) is 6.38. The number of hydrogen-bond acceptors (Lipinski definition) is 4. The number of rotatable bonds is 6. The largest absolute Gasteiger partial charge is 0.497 e. The summed E-state index contributed by atoms with van der Waals surface area (Å²) in [6.07, 6.45) is -0.371. The fourth-order valence-electron chi connectivity index (χ4n) is 1.69. The van der Waals surface area contributed by atoms with Gasteiger partial charge in [0, 0.05) is 26.4 Å². The molecule has 0 aliphatic rings. The molecule has 0 bridgehead atoms. The molecule has 0 aliphatic heterocycles. The van der Waals surface area contributed by atoms with Gasteiger partial charge in [-0.2, -0.15) is 0 Å². The van der Waals surface area contributed by atoms with Crippen LogP contribution in [-0.2, 0) is 0 Å². The molecular formula is C15H21N3O. The van der Waals surface area contributed by atoms with E-state index in [1.54, 1.807) is 0 Å². The normalized spacial score (nSPS) is 20.1. The predicted octanol–water partition coefficient (Wildman–Crippen LogP) is 2.78. The van der Waals surface area contributed by atoms with E-state index in [-0.39, 0.29) is 47.3 Å². The summed E-state index contributed by atoms with van der Waals surface area (Å²) in [4.78, 5) is 4.00. The topological polar surface area (TPSA) is 60.2 Å². The fraction of sp³-hybridized carbons (Fsp3) is 0.400. The van der Waals surface area contributed by atoms with E-state index < -0.39 is 24.7 Å². The lowest BCUT2D eigenvalue weighted by Gasteiger charge is -2.17. The number of anilines is 1. The molecule has 1 heterocycles. The Bertz CT molecular complexity index is 837. The first-order valence-corrected chi connectivity index (χ1v) is 5.88. The van der Waals surface area contributed by atoms with Crippen LogP contribution in [0.15, 0.2) is 30.4 Å². The molecule has 0 amide bonds. The number of nitrogens with zero attached hydrogens (tertiary/aromatic N) is 1. The molecule has 1 aromatic carbocycles. The molecule has 3 N–H and O–H groups in total. The number of nitrogens with two attached hydrogens (primary N) is 1. The smallest absolute Gasteiger partial charge is 0.121 e. The van der Waals surface area contributed by atoms with Crippen LogP contribution in [0.4, 0.5) is 5.69 Å². The molecule has 19 heavy (non-hydrogen) atoms. The summed E-state index contributed by atoms with van der Waals surface area (Å²) in [5.74, 6) is 0.136. The fourth-order valence-corrected chi connectivity index (χ4v) is 1.69. The van der Waals surface area contributed by atoms with Crippen molar-refractivity contribution in [2.45, 2.75) is 25.8 Å². The van der Waals surface area contributed by atoms with Gasteiger partial charge in [0.05, 0.1) is 25.2 Å². The average molecular weight is 266 g/mol. The summed E-state index contributed by atoms with van der Waals surface area (Å²) < 4.78 is 60.1. The summed E-state index contributed by atoms with van der Waals surface area (Å²) in [6.45, 7) is -0.371. The average Bonchev–Trinajstić information content (AvgIpc) is 2.52. The standard InChI is InChI=1S/C15H21N3O/c1-11(5-3-7-16)18-14-10-13(19-2)9-12-6-4-8-17-15(12)14/h4,6,8-11,18H,3,5,7,16H2,1-2H3/i4D,6D,7D2,8D,9D,11D. The van der Waals surface area contributed by atoms with Crippen molar-refractivity contribution in [1.29, 1.82) is 0 Å². The highest BCUT2D eigenvalue weighted by molar-refractivity contribution is 5.91. The minimum absolute atomic E-state index is 0.0523. The third-order valence-electron chi connectivity index (χ3n) is 2.64. The molecular weight excluding hydrogens is 238 g/mol. The van der Waals surface area contributed by atoms with Crippen molar-refractivity contribution < 1.29 is 14.3 Å². The Morgan fingerprint density at radius 2 is 2.53 bits per heavy atom. The van der Waals surface area contributed by atoms with E-state index in [1.165, 1.54) is 20.1 Å². The second-order valence-electron chi connectivity index (χ2n) is 4.06.